The van der Waals surface area contributed by atoms with E-state index < -0.39 is 10.8 Å². The maximum absolute atomic E-state index is 14.5. The zero-order valence-electron chi connectivity index (χ0n) is 58.2. The minimum absolute atomic E-state index is 0.0634. The van der Waals surface area contributed by atoms with Gasteiger partial charge in [-0.1, -0.05) is 202 Å². The van der Waals surface area contributed by atoms with E-state index in [9.17, 15) is 30.6 Å². The molecule has 102 heavy (non-hydrogen) atoms. The van der Waals surface area contributed by atoms with E-state index >= 15 is 0 Å². The standard InChI is InChI=1S/C90H78N4O2S6/c1-5-9-13-17-21-55-25-33-61(34-26-55)89(62-35-27-56(28-36-62)22-18-14-10-6-2)75-45-68-76(46-67(75)85-81(89)87-77(101-85)43-65(99-87)41-69-79(59(47-91)48-92)71-51-97-53-73(71)83(69)95)90(63-37-29-57(30-38-63)23-19-15-11-7-3,64-39-31-58(32-40-64)24-20-16-12-8-4)82-86(68)102-78-44-66(100-88(78)82)42-70-80(60(49-93)50-94)72-52-98-54-74(72)84(70)96/h25-46,51-54H,5-24H2,1-4H3. The molecule has 15 rings (SSSR count). The Labute approximate surface area is 623 Å². The lowest BCUT2D eigenvalue weighted by atomic mass is 9.65. The molecule has 0 radical (unpaired) electrons. The van der Waals surface area contributed by atoms with Crippen LogP contribution in [0.2, 0.25) is 0 Å². The first-order valence-electron chi connectivity index (χ1n) is 36.5. The molecule has 11 aromatic rings. The summed E-state index contributed by atoms with van der Waals surface area (Å²) < 4.78 is 4.52. The van der Waals surface area contributed by atoms with E-state index in [4.69, 9.17) is 0 Å². The van der Waals surface area contributed by atoms with Crippen LogP contribution in [-0.4, -0.2) is 11.6 Å². The number of allylic oxidation sites excluding steroid dienone is 6. The Kier molecular flexibility index (Phi) is 19.9. The highest BCUT2D eigenvalue weighted by atomic mass is 32.1. The second kappa shape index (κ2) is 29.4. The first kappa shape index (κ1) is 68.8. The van der Waals surface area contributed by atoms with E-state index in [0.717, 1.165) is 79.9 Å². The molecule has 0 unspecified atom stereocenters. The first-order chi connectivity index (χ1) is 50.1. The summed E-state index contributed by atoms with van der Waals surface area (Å²) in [5.41, 5.74) is 19.5. The lowest BCUT2D eigenvalue weighted by Crippen LogP contribution is -2.30. The summed E-state index contributed by atoms with van der Waals surface area (Å²) >= 11 is 9.85. The molecule has 0 saturated heterocycles. The van der Waals surface area contributed by atoms with Gasteiger partial charge in [0.25, 0.3) is 0 Å². The summed E-state index contributed by atoms with van der Waals surface area (Å²) in [5, 5.41) is 48.9. The van der Waals surface area contributed by atoms with Gasteiger partial charge >= 0.3 is 0 Å². The van der Waals surface area contributed by atoms with E-state index in [-0.39, 0.29) is 22.7 Å². The van der Waals surface area contributed by atoms with Gasteiger partial charge in [0.05, 0.1) is 20.2 Å². The monoisotopic (exact) mass is 1440 g/mol. The fourth-order valence-electron chi connectivity index (χ4n) is 16.6. The van der Waals surface area contributed by atoms with Crippen LogP contribution in [0, 0.1) is 45.3 Å². The van der Waals surface area contributed by atoms with Crippen LogP contribution in [0.1, 0.15) is 239 Å². The number of carbonyl (C=O) groups is 2. The van der Waals surface area contributed by atoms with E-state index in [1.54, 1.807) is 22.7 Å². The molecule has 12 heteroatoms. The second-order valence-electron chi connectivity index (χ2n) is 27.9. The highest BCUT2D eigenvalue weighted by Gasteiger charge is 2.55. The predicted molar refractivity (Wildman–Crippen MR) is 428 cm³/mol. The number of carbonyl (C=O) groups excluding carboxylic acids is 2. The van der Waals surface area contributed by atoms with Crippen molar-refractivity contribution in [2.75, 3.05) is 0 Å². The molecule has 0 saturated carbocycles. The molecule has 0 amide bonds. The van der Waals surface area contributed by atoms with Crippen molar-refractivity contribution in [1.82, 2.24) is 0 Å². The number of rotatable bonds is 26. The van der Waals surface area contributed by atoms with E-state index in [0.29, 0.717) is 44.5 Å². The SMILES string of the molecule is CCCCCCc1ccc(C2(c3ccc(CCCCCC)cc3)c3cc4c(cc3-c3sc5cc(C=C6C(=O)c7cscc7C6=C(C#N)C#N)sc5c32)C(c2ccc(CCCCCC)cc2)(c2ccc(CCCCCC)cc2)c2c-4sc3cc(C=C4C(=O)c5cscc5C4=C(C#N)C#N)sc23)cc1. The van der Waals surface area contributed by atoms with Gasteiger partial charge in [0, 0.05) is 95.3 Å². The van der Waals surface area contributed by atoms with E-state index in [1.165, 1.54) is 187 Å². The summed E-state index contributed by atoms with van der Waals surface area (Å²) in [6.07, 6.45) is 26.8. The number of fused-ring (bicyclic) bond motifs is 12. The number of benzene rings is 5. The highest BCUT2D eigenvalue weighted by Crippen LogP contribution is 2.68. The number of nitriles is 4. The zero-order chi connectivity index (χ0) is 70.2. The van der Waals surface area contributed by atoms with Gasteiger partial charge in [0.2, 0.25) is 0 Å². The third kappa shape index (κ3) is 11.7. The van der Waals surface area contributed by atoms with E-state index in [2.05, 4.69) is 173 Å². The average Bonchev–Trinajstić information content (AvgIpc) is 1.49. The molecule has 0 atom stereocenters. The molecule has 0 fully saturated rings. The van der Waals surface area contributed by atoms with Crippen LogP contribution >= 0.6 is 68.0 Å². The van der Waals surface area contributed by atoms with Crippen LogP contribution in [-0.2, 0) is 36.5 Å². The van der Waals surface area contributed by atoms with Gasteiger partial charge < -0.3 is 0 Å². The molecule has 0 bridgehead atoms. The van der Waals surface area contributed by atoms with Gasteiger partial charge in [0.1, 0.15) is 35.4 Å². The van der Waals surface area contributed by atoms with Crippen molar-refractivity contribution < 1.29 is 9.59 Å². The van der Waals surface area contributed by atoms with Gasteiger partial charge in [0.15, 0.2) is 11.6 Å². The maximum atomic E-state index is 14.5. The third-order valence-electron chi connectivity index (χ3n) is 21.7. The number of aryl methyl sites for hydroxylation is 4. The van der Waals surface area contributed by atoms with Crippen molar-refractivity contribution in [1.29, 1.82) is 21.0 Å². The fraction of sp³-hybridized carbons (Fsp3) is 0.289. The van der Waals surface area contributed by atoms with Crippen LogP contribution in [0.5, 0.6) is 0 Å². The number of Topliss-reactive ketones (excluding diaryl/α,β-unsaturated/α-hetero) is 2. The van der Waals surface area contributed by atoms with Gasteiger partial charge in [-0.3, -0.25) is 9.59 Å². The smallest absolute Gasteiger partial charge is 0.195 e. The summed E-state index contributed by atoms with van der Waals surface area (Å²) in [6.45, 7) is 9.07. The Morgan fingerprint density at radius 3 is 0.971 bits per heavy atom. The summed E-state index contributed by atoms with van der Waals surface area (Å²) in [6, 6.07) is 56.6. The normalized spacial score (nSPS) is 15.0. The van der Waals surface area contributed by atoms with Gasteiger partial charge in [-0.2, -0.15) is 43.7 Å². The van der Waals surface area contributed by atoms with Crippen LogP contribution in [0.3, 0.4) is 0 Å². The van der Waals surface area contributed by atoms with Crippen LogP contribution < -0.4 is 0 Å². The molecule has 5 aromatic carbocycles. The maximum Gasteiger partial charge on any atom is 0.195 e. The van der Waals surface area contributed by atoms with Gasteiger partial charge in [-0.15, -0.1) is 45.3 Å². The van der Waals surface area contributed by atoms with Crippen molar-refractivity contribution in [2.24, 2.45) is 0 Å². The molecular weight excluding hydrogens is 1360 g/mol. The Bertz CT molecular complexity index is 4940. The quantitative estimate of drug-likeness (QED) is 0.0302. The Balaban J connectivity index is 1.01. The molecule has 0 N–H and O–H groups in total. The molecule has 4 aliphatic carbocycles. The second-order valence-corrected chi connectivity index (χ2v) is 33.6. The third-order valence-corrected chi connectivity index (χ3v) is 28.0. The molecule has 6 aromatic heterocycles. The summed E-state index contributed by atoms with van der Waals surface area (Å²) in [5.74, 6) is -0.339. The molecule has 6 nitrogen and oxygen atoms in total. The molecule has 0 aliphatic heterocycles. The Hall–Kier alpha value is -8.92. The van der Waals surface area contributed by atoms with Gasteiger partial charge in [-0.05, 0) is 165 Å². The lowest BCUT2D eigenvalue weighted by Gasteiger charge is -2.36. The summed E-state index contributed by atoms with van der Waals surface area (Å²) in [7, 11) is 0. The number of thiophene rings is 6. The molecular formula is C90H78N4O2S6. The Morgan fingerprint density at radius 2 is 0.676 bits per heavy atom. The minimum Gasteiger partial charge on any atom is -0.289 e. The molecule has 6 heterocycles. The first-order valence-corrected chi connectivity index (χ1v) is 41.7. The van der Waals surface area contributed by atoms with Gasteiger partial charge in [-0.25, -0.2) is 0 Å². The largest absolute Gasteiger partial charge is 0.289 e. The number of ketones is 2. The van der Waals surface area contributed by atoms with Crippen LogP contribution in [0.25, 0.3) is 63.0 Å². The van der Waals surface area contributed by atoms with Crippen molar-refractivity contribution in [3.63, 3.8) is 0 Å². The fourth-order valence-corrected chi connectivity index (χ4v) is 23.7. The van der Waals surface area contributed by atoms with E-state index in [1.807, 2.05) is 56.3 Å². The highest BCUT2D eigenvalue weighted by molar-refractivity contribution is 7.31. The lowest BCUT2D eigenvalue weighted by molar-refractivity contribution is 0.103. The van der Waals surface area contributed by atoms with Crippen molar-refractivity contribution in [3.05, 3.63) is 264 Å². The minimum atomic E-state index is -0.827. The number of hydrogen-bond donors (Lipinski definition) is 0. The number of hydrogen-bond acceptors (Lipinski definition) is 12. The van der Waals surface area contributed by atoms with Crippen molar-refractivity contribution >= 4 is 122 Å². The van der Waals surface area contributed by atoms with Crippen LogP contribution in [0.15, 0.2) is 165 Å². The zero-order valence-corrected chi connectivity index (χ0v) is 63.1. The molecule has 4 aliphatic rings. The van der Waals surface area contributed by atoms with Crippen molar-refractivity contribution in [2.45, 2.75) is 167 Å². The van der Waals surface area contributed by atoms with Crippen molar-refractivity contribution in [3.8, 4) is 45.2 Å². The summed E-state index contributed by atoms with van der Waals surface area (Å²) in [4.78, 5) is 33.2. The van der Waals surface area contributed by atoms with Crippen LogP contribution in [0.4, 0.5) is 0 Å². The topological polar surface area (TPSA) is 129 Å². The Morgan fingerprint density at radius 1 is 0.373 bits per heavy atom. The number of nitrogens with zero attached hydrogens (tertiary/aromatic N) is 4. The predicted octanol–water partition coefficient (Wildman–Crippen LogP) is 25.7. The average molecular weight is 1440 g/mol. The molecule has 506 valence electrons. The molecule has 0 spiro atoms. The number of unbranched alkanes of at least 4 members (excludes halogenated alkanes) is 12.